The quantitative estimate of drug-likeness (QED) is 0.337. The molecule has 5 rings (SSSR count). The molecule has 0 saturated carbocycles. The van der Waals surface area contributed by atoms with Crippen LogP contribution in [0.25, 0.3) is 33.2 Å². The van der Waals surface area contributed by atoms with E-state index in [1.54, 1.807) is 42.1 Å². The number of aryl methyl sites for hydroxylation is 2. The van der Waals surface area contributed by atoms with Crippen LogP contribution in [0.4, 0.5) is 5.69 Å². The number of nitrogens with one attached hydrogen (secondary N) is 1. The smallest absolute Gasteiger partial charge is 0.337 e. The van der Waals surface area contributed by atoms with Crippen molar-refractivity contribution in [1.29, 1.82) is 0 Å². The molecule has 1 unspecified atom stereocenters. The van der Waals surface area contributed by atoms with E-state index in [1.807, 2.05) is 51.2 Å². The minimum absolute atomic E-state index is 0.0874. The van der Waals surface area contributed by atoms with Crippen LogP contribution in [-0.4, -0.2) is 20.9 Å². The molecule has 2 heterocycles. The maximum absolute atomic E-state index is 13.4. The highest BCUT2D eigenvalue weighted by atomic mass is 16.4. The second-order valence-electron chi connectivity index (χ2n) is 8.87. The molecule has 0 saturated heterocycles. The Balaban J connectivity index is 1.68. The standard InChI is InChI=1S/C28H25N3O4/c1-15-11-21(17(3)30-23-8-6-5-7-20(23)28(33)34)27-22(12-15)25(32)16(2)26(35-27)18-9-10-24-19(13-18)14-29-31(24)4/h5-14,17,30H,1-4H3,(H,33,34). The lowest BCUT2D eigenvalue weighted by Crippen LogP contribution is -2.14. The summed E-state index contributed by atoms with van der Waals surface area (Å²) in [5, 5.41) is 18.6. The molecule has 0 aliphatic rings. The van der Waals surface area contributed by atoms with E-state index in [9.17, 15) is 14.7 Å². The number of carboxylic acid groups (broad SMARTS) is 1. The molecule has 7 heteroatoms. The molecule has 5 aromatic rings. The van der Waals surface area contributed by atoms with Gasteiger partial charge in [-0.3, -0.25) is 9.48 Å². The van der Waals surface area contributed by atoms with E-state index in [4.69, 9.17) is 4.42 Å². The molecule has 176 valence electrons. The van der Waals surface area contributed by atoms with Crippen molar-refractivity contribution >= 4 is 33.5 Å². The number of carboxylic acids is 1. The van der Waals surface area contributed by atoms with E-state index in [2.05, 4.69) is 10.4 Å². The first kappa shape index (κ1) is 22.4. The van der Waals surface area contributed by atoms with Crippen molar-refractivity contribution in [2.24, 2.45) is 7.05 Å². The monoisotopic (exact) mass is 467 g/mol. The van der Waals surface area contributed by atoms with Gasteiger partial charge in [-0.25, -0.2) is 4.79 Å². The lowest BCUT2D eigenvalue weighted by molar-refractivity contribution is 0.0698. The third-order valence-corrected chi connectivity index (χ3v) is 6.40. The second-order valence-corrected chi connectivity index (χ2v) is 8.87. The molecular weight excluding hydrogens is 442 g/mol. The molecule has 0 aliphatic carbocycles. The zero-order chi connectivity index (χ0) is 24.9. The van der Waals surface area contributed by atoms with Gasteiger partial charge in [0.1, 0.15) is 11.3 Å². The lowest BCUT2D eigenvalue weighted by Gasteiger charge is -2.20. The molecule has 0 fully saturated rings. The number of hydrogen-bond acceptors (Lipinski definition) is 5. The largest absolute Gasteiger partial charge is 0.478 e. The molecule has 7 nitrogen and oxygen atoms in total. The maximum atomic E-state index is 13.4. The van der Waals surface area contributed by atoms with E-state index in [0.29, 0.717) is 28.0 Å². The van der Waals surface area contributed by atoms with E-state index < -0.39 is 5.97 Å². The van der Waals surface area contributed by atoms with Gasteiger partial charge in [-0.05, 0) is 62.7 Å². The molecule has 35 heavy (non-hydrogen) atoms. The Hall–Kier alpha value is -4.39. The predicted molar refractivity (Wildman–Crippen MR) is 137 cm³/mol. The Morgan fingerprint density at radius 3 is 2.66 bits per heavy atom. The topological polar surface area (TPSA) is 97.4 Å². The van der Waals surface area contributed by atoms with Gasteiger partial charge in [-0.15, -0.1) is 0 Å². The van der Waals surface area contributed by atoms with Crippen molar-refractivity contribution in [3.63, 3.8) is 0 Å². The average molecular weight is 468 g/mol. The Labute approximate surface area is 201 Å². The van der Waals surface area contributed by atoms with Crippen LogP contribution in [0.5, 0.6) is 0 Å². The van der Waals surface area contributed by atoms with Gasteiger partial charge in [0.15, 0.2) is 5.43 Å². The number of fused-ring (bicyclic) bond motifs is 2. The van der Waals surface area contributed by atoms with E-state index in [0.717, 1.165) is 27.6 Å². The van der Waals surface area contributed by atoms with Crippen LogP contribution in [0.1, 0.15) is 40.0 Å². The van der Waals surface area contributed by atoms with Crippen molar-refractivity contribution < 1.29 is 14.3 Å². The predicted octanol–water partition coefficient (Wildman–Crippen LogP) is 5.83. The molecular formula is C28H25N3O4. The molecule has 3 aromatic carbocycles. The van der Waals surface area contributed by atoms with Crippen LogP contribution in [-0.2, 0) is 7.05 Å². The van der Waals surface area contributed by atoms with Gasteiger partial charge in [0.25, 0.3) is 0 Å². The summed E-state index contributed by atoms with van der Waals surface area (Å²) in [6.45, 7) is 5.63. The van der Waals surface area contributed by atoms with Gasteiger partial charge >= 0.3 is 5.97 Å². The van der Waals surface area contributed by atoms with Crippen molar-refractivity contribution in [2.45, 2.75) is 26.8 Å². The number of rotatable bonds is 5. The molecule has 0 amide bonds. The summed E-state index contributed by atoms with van der Waals surface area (Å²) in [4.78, 5) is 25.1. The molecule has 2 N–H and O–H groups in total. The fourth-order valence-electron chi connectivity index (χ4n) is 4.58. The van der Waals surface area contributed by atoms with Crippen LogP contribution in [0.15, 0.2) is 70.0 Å². The average Bonchev–Trinajstić information content (AvgIpc) is 3.21. The van der Waals surface area contributed by atoms with Gasteiger partial charge < -0.3 is 14.8 Å². The normalized spacial score (nSPS) is 12.2. The molecule has 2 aromatic heterocycles. The summed E-state index contributed by atoms with van der Waals surface area (Å²) in [7, 11) is 1.88. The third kappa shape index (κ3) is 3.85. The summed E-state index contributed by atoms with van der Waals surface area (Å²) in [5.41, 5.74) is 5.10. The van der Waals surface area contributed by atoms with E-state index >= 15 is 0 Å². The van der Waals surface area contributed by atoms with Crippen LogP contribution in [0, 0.1) is 13.8 Å². The number of hydrogen-bond donors (Lipinski definition) is 2. The SMILES string of the molecule is Cc1cc(C(C)Nc2ccccc2C(=O)O)c2oc(-c3ccc4c(cnn4C)c3)c(C)c(=O)c2c1. The third-order valence-electron chi connectivity index (χ3n) is 6.40. The van der Waals surface area contributed by atoms with Gasteiger partial charge in [-0.1, -0.05) is 18.2 Å². The van der Waals surface area contributed by atoms with Crippen LogP contribution >= 0.6 is 0 Å². The summed E-state index contributed by atoms with van der Waals surface area (Å²) in [6.07, 6.45) is 1.79. The minimum atomic E-state index is -1.01. The van der Waals surface area contributed by atoms with Crippen molar-refractivity contribution in [3.05, 3.63) is 93.3 Å². The first-order valence-corrected chi connectivity index (χ1v) is 11.3. The summed E-state index contributed by atoms with van der Waals surface area (Å²) < 4.78 is 8.25. The molecule has 0 aliphatic heterocycles. The van der Waals surface area contributed by atoms with Crippen LogP contribution in [0.2, 0.25) is 0 Å². The van der Waals surface area contributed by atoms with Gasteiger partial charge in [0.2, 0.25) is 0 Å². The Kier molecular flexibility index (Phi) is 5.40. The second kappa shape index (κ2) is 8.43. The van der Waals surface area contributed by atoms with Crippen LogP contribution < -0.4 is 10.7 Å². The van der Waals surface area contributed by atoms with Gasteiger partial charge in [0.05, 0.1) is 28.7 Å². The van der Waals surface area contributed by atoms with E-state index in [-0.39, 0.29) is 17.0 Å². The van der Waals surface area contributed by atoms with Crippen molar-refractivity contribution in [1.82, 2.24) is 9.78 Å². The minimum Gasteiger partial charge on any atom is -0.478 e. The fraction of sp³-hybridized carbons (Fsp3) is 0.179. The number of para-hydroxylation sites is 1. The van der Waals surface area contributed by atoms with Crippen molar-refractivity contribution in [3.8, 4) is 11.3 Å². The Morgan fingerprint density at radius 1 is 1.11 bits per heavy atom. The summed E-state index contributed by atoms with van der Waals surface area (Å²) >= 11 is 0. The highest BCUT2D eigenvalue weighted by Crippen LogP contribution is 2.33. The zero-order valence-electron chi connectivity index (χ0n) is 19.9. The number of nitrogens with zero attached hydrogens (tertiary/aromatic N) is 2. The number of anilines is 1. The highest BCUT2D eigenvalue weighted by Gasteiger charge is 2.20. The number of aromatic nitrogens is 2. The first-order valence-electron chi connectivity index (χ1n) is 11.3. The molecule has 1 atom stereocenters. The van der Waals surface area contributed by atoms with Gasteiger partial charge in [0, 0.05) is 34.8 Å². The van der Waals surface area contributed by atoms with Gasteiger partial charge in [-0.2, -0.15) is 5.10 Å². The Morgan fingerprint density at radius 2 is 1.89 bits per heavy atom. The Bertz CT molecular complexity index is 1680. The lowest BCUT2D eigenvalue weighted by atomic mass is 9.98. The maximum Gasteiger partial charge on any atom is 0.337 e. The van der Waals surface area contributed by atoms with Crippen molar-refractivity contribution in [2.75, 3.05) is 5.32 Å². The summed E-state index contributed by atoms with van der Waals surface area (Å²) in [6, 6.07) is 16.1. The summed E-state index contributed by atoms with van der Waals surface area (Å²) in [5.74, 6) is -0.499. The number of benzene rings is 3. The molecule has 0 bridgehead atoms. The first-order chi connectivity index (χ1) is 16.7. The number of aromatic carboxylic acids is 1. The molecule has 0 spiro atoms. The number of carbonyl (C=O) groups is 1. The highest BCUT2D eigenvalue weighted by molar-refractivity contribution is 5.94. The van der Waals surface area contributed by atoms with E-state index in [1.165, 1.54) is 0 Å². The van der Waals surface area contributed by atoms with Crippen LogP contribution in [0.3, 0.4) is 0 Å². The fourth-order valence-corrected chi connectivity index (χ4v) is 4.58. The zero-order valence-corrected chi connectivity index (χ0v) is 19.9. The molecule has 0 radical (unpaired) electrons.